The topological polar surface area (TPSA) is 122 Å². The summed E-state index contributed by atoms with van der Waals surface area (Å²) in [6.07, 6.45) is 4.28. The maximum atomic E-state index is 9.10. The number of likely N-dealkylation sites (tertiary alicyclic amines) is 1. The minimum Gasteiger partial charge on any atom is -0.493 e. The van der Waals surface area contributed by atoms with Crippen molar-refractivity contribution in [2.75, 3.05) is 39.7 Å². The van der Waals surface area contributed by atoms with E-state index >= 15 is 0 Å². The number of piperidine rings is 1. The highest BCUT2D eigenvalue weighted by molar-refractivity contribution is 6.27. The summed E-state index contributed by atoms with van der Waals surface area (Å²) in [6.45, 7) is 2.87. The van der Waals surface area contributed by atoms with Gasteiger partial charge in [0.2, 0.25) is 5.75 Å². The van der Waals surface area contributed by atoms with Gasteiger partial charge < -0.3 is 34.3 Å². The first kappa shape index (κ1) is 25.9. The molecule has 3 aromatic rings. The molecule has 196 valence electrons. The monoisotopic (exact) mass is 509 g/mol. The summed E-state index contributed by atoms with van der Waals surface area (Å²) in [5.41, 5.74) is 4.94. The molecule has 1 aromatic heterocycles. The Kier molecular flexibility index (Phi) is 7.58. The number of hydrogen-bond donors (Lipinski definition) is 3. The lowest BCUT2D eigenvalue weighted by Gasteiger charge is -2.46. The van der Waals surface area contributed by atoms with Gasteiger partial charge in [0.25, 0.3) is 0 Å². The summed E-state index contributed by atoms with van der Waals surface area (Å²) in [4.78, 5) is 20.7. The maximum Gasteiger partial charge on any atom is 0.414 e. The summed E-state index contributed by atoms with van der Waals surface area (Å²) in [5, 5.41) is 18.7. The number of methoxy groups -OCH3 is 3. The smallest absolute Gasteiger partial charge is 0.414 e. The Morgan fingerprint density at radius 2 is 1.54 bits per heavy atom. The van der Waals surface area contributed by atoms with E-state index in [1.54, 1.807) is 21.3 Å². The molecule has 1 saturated heterocycles. The number of fused-ring (bicyclic) bond motifs is 4. The van der Waals surface area contributed by atoms with E-state index in [2.05, 4.69) is 57.4 Å². The van der Waals surface area contributed by atoms with Crippen molar-refractivity contribution in [3.8, 4) is 22.9 Å². The molecule has 0 aliphatic carbocycles. The number of carbonyl (C=O) groups is 2. The zero-order valence-electron chi connectivity index (χ0n) is 21.1. The van der Waals surface area contributed by atoms with Gasteiger partial charge in [0.15, 0.2) is 11.5 Å². The van der Waals surface area contributed by atoms with Crippen molar-refractivity contribution in [2.45, 2.75) is 24.9 Å². The fraction of sp³-hybridized carbons (Fsp3) is 0.333. The number of nitrogens with one attached hydrogen (secondary N) is 1. The van der Waals surface area contributed by atoms with Crippen molar-refractivity contribution in [1.82, 2.24) is 9.47 Å². The van der Waals surface area contributed by atoms with Crippen LogP contribution in [0.4, 0.5) is 5.69 Å². The highest BCUT2D eigenvalue weighted by Crippen LogP contribution is 2.44. The fourth-order valence-corrected chi connectivity index (χ4v) is 5.05. The van der Waals surface area contributed by atoms with Crippen molar-refractivity contribution >= 4 is 17.6 Å². The fourth-order valence-electron chi connectivity index (χ4n) is 5.05. The molecule has 37 heavy (non-hydrogen) atoms. The SMILES string of the molecule is COc1cc(CN2CCC3(CC2)Nc2ccccc2-n2cccc23)cc(OC)c1OC.O=C(O)C(=O)O. The molecule has 0 saturated carbocycles. The van der Waals surface area contributed by atoms with Crippen LogP contribution in [-0.2, 0) is 21.7 Å². The first-order chi connectivity index (χ1) is 17.8. The van der Waals surface area contributed by atoms with Crippen LogP contribution in [-0.4, -0.2) is 66.0 Å². The van der Waals surface area contributed by atoms with E-state index < -0.39 is 11.9 Å². The number of para-hydroxylation sites is 2. The predicted octanol–water partition coefficient (Wildman–Crippen LogP) is 3.58. The molecule has 0 atom stereocenters. The molecule has 3 heterocycles. The quantitative estimate of drug-likeness (QED) is 0.443. The van der Waals surface area contributed by atoms with Gasteiger partial charge in [-0.3, -0.25) is 4.90 Å². The second-order valence-corrected chi connectivity index (χ2v) is 8.91. The molecule has 0 radical (unpaired) electrons. The van der Waals surface area contributed by atoms with Gasteiger partial charge >= 0.3 is 11.9 Å². The molecule has 2 aromatic carbocycles. The zero-order valence-corrected chi connectivity index (χ0v) is 21.1. The number of benzene rings is 2. The molecule has 2 aliphatic rings. The van der Waals surface area contributed by atoms with Crippen LogP contribution in [0.15, 0.2) is 54.7 Å². The van der Waals surface area contributed by atoms with Crippen LogP contribution in [0.1, 0.15) is 24.1 Å². The van der Waals surface area contributed by atoms with E-state index in [0.717, 1.165) is 38.0 Å². The van der Waals surface area contributed by atoms with Gasteiger partial charge in [-0.2, -0.15) is 0 Å². The maximum absolute atomic E-state index is 9.10. The number of carboxylic acids is 2. The number of rotatable bonds is 5. The Balaban J connectivity index is 0.000000480. The molecule has 0 bridgehead atoms. The van der Waals surface area contributed by atoms with Gasteiger partial charge in [-0.05, 0) is 54.8 Å². The van der Waals surface area contributed by atoms with Gasteiger partial charge in [-0.25, -0.2) is 9.59 Å². The third kappa shape index (κ3) is 5.19. The molecular formula is C27H31N3O7. The summed E-state index contributed by atoms with van der Waals surface area (Å²) in [6, 6.07) is 17.1. The molecule has 0 unspecified atom stereocenters. The molecular weight excluding hydrogens is 478 g/mol. The first-order valence-corrected chi connectivity index (χ1v) is 11.8. The largest absolute Gasteiger partial charge is 0.493 e. The number of ether oxygens (including phenoxy) is 3. The van der Waals surface area contributed by atoms with Crippen molar-refractivity contribution in [3.05, 3.63) is 66.0 Å². The second kappa shape index (κ2) is 10.8. The third-order valence-electron chi connectivity index (χ3n) is 6.80. The van der Waals surface area contributed by atoms with Crippen LogP contribution >= 0.6 is 0 Å². The number of aromatic nitrogens is 1. The first-order valence-electron chi connectivity index (χ1n) is 11.8. The van der Waals surface area contributed by atoms with Crippen molar-refractivity contribution in [3.63, 3.8) is 0 Å². The molecule has 5 rings (SSSR count). The second-order valence-electron chi connectivity index (χ2n) is 8.91. The van der Waals surface area contributed by atoms with Crippen LogP contribution in [0.5, 0.6) is 17.2 Å². The summed E-state index contributed by atoms with van der Waals surface area (Å²) < 4.78 is 18.9. The number of aliphatic carboxylic acids is 2. The summed E-state index contributed by atoms with van der Waals surface area (Å²) in [5.74, 6) is -1.61. The van der Waals surface area contributed by atoms with Gasteiger partial charge in [0.05, 0.1) is 38.2 Å². The van der Waals surface area contributed by atoms with Crippen molar-refractivity contribution < 1.29 is 34.0 Å². The van der Waals surface area contributed by atoms with Crippen molar-refractivity contribution in [2.24, 2.45) is 0 Å². The van der Waals surface area contributed by atoms with E-state index in [1.165, 1.54) is 17.1 Å². The Bertz CT molecular complexity index is 1240. The third-order valence-corrected chi connectivity index (χ3v) is 6.80. The number of carboxylic acid groups (broad SMARTS) is 2. The lowest BCUT2D eigenvalue weighted by atomic mass is 9.82. The van der Waals surface area contributed by atoms with Crippen LogP contribution < -0.4 is 19.5 Å². The molecule has 10 nitrogen and oxygen atoms in total. The minimum absolute atomic E-state index is 0.0242. The highest BCUT2D eigenvalue weighted by atomic mass is 16.5. The average Bonchev–Trinajstić information content (AvgIpc) is 3.41. The van der Waals surface area contributed by atoms with Crippen LogP contribution in [0.3, 0.4) is 0 Å². The number of hydrogen-bond acceptors (Lipinski definition) is 7. The Hall–Kier alpha value is -4.18. The molecule has 3 N–H and O–H groups in total. The lowest BCUT2D eigenvalue weighted by molar-refractivity contribution is -0.159. The molecule has 1 fully saturated rings. The van der Waals surface area contributed by atoms with Gasteiger partial charge in [-0.15, -0.1) is 0 Å². The molecule has 0 amide bonds. The van der Waals surface area contributed by atoms with E-state index in [9.17, 15) is 0 Å². The van der Waals surface area contributed by atoms with Gasteiger partial charge in [-0.1, -0.05) is 12.1 Å². The summed E-state index contributed by atoms with van der Waals surface area (Å²) in [7, 11) is 4.95. The Morgan fingerprint density at radius 3 is 2.11 bits per heavy atom. The highest BCUT2D eigenvalue weighted by Gasteiger charge is 2.41. The van der Waals surface area contributed by atoms with Crippen LogP contribution in [0, 0.1) is 0 Å². The van der Waals surface area contributed by atoms with E-state index in [1.807, 2.05) is 12.1 Å². The molecule has 2 aliphatic heterocycles. The average molecular weight is 510 g/mol. The molecule has 10 heteroatoms. The van der Waals surface area contributed by atoms with E-state index in [-0.39, 0.29) is 5.54 Å². The number of anilines is 1. The van der Waals surface area contributed by atoms with Crippen molar-refractivity contribution in [1.29, 1.82) is 0 Å². The number of nitrogens with zero attached hydrogens (tertiary/aromatic N) is 2. The molecule has 1 spiro atoms. The Morgan fingerprint density at radius 1 is 0.919 bits per heavy atom. The Labute approximate surface area is 215 Å². The zero-order chi connectivity index (χ0) is 26.6. The predicted molar refractivity (Wildman–Crippen MR) is 137 cm³/mol. The lowest BCUT2D eigenvalue weighted by Crippen LogP contribution is -2.49. The van der Waals surface area contributed by atoms with Gasteiger partial charge in [0, 0.05) is 31.5 Å². The van der Waals surface area contributed by atoms with E-state index in [0.29, 0.717) is 17.2 Å². The summed E-state index contributed by atoms with van der Waals surface area (Å²) >= 11 is 0. The standard InChI is InChI=1S/C25H29N3O3.C2H2O4/c1-29-21-15-18(16-22(30-2)24(21)31-3)17-27-13-10-25(11-14-27)23-9-6-12-28(23)20-8-5-4-7-19(20)26-25;3-1(4)2(5)6/h4-9,12,15-16,26H,10-11,13-14,17H2,1-3H3;(H,3,4)(H,5,6). The van der Waals surface area contributed by atoms with Gasteiger partial charge in [0.1, 0.15) is 0 Å². The van der Waals surface area contributed by atoms with E-state index in [4.69, 9.17) is 34.0 Å². The van der Waals surface area contributed by atoms with Crippen LogP contribution in [0.25, 0.3) is 5.69 Å². The van der Waals surface area contributed by atoms with Crippen LogP contribution in [0.2, 0.25) is 0 Å². The minimum atomic E-state index is -1.82. The normalized spacial score (nSPS) is 15.3.